The Morgan fingerprint density at radius 3 is 2.70 bits per heavy atom. The second-order valence-corrected chi connectivity index (χ2v) is 8.55. The number of para-hydroxylation sites is 1. The first-order valence-electron chi connectivity index (χ1n) is 8.77. The van der Waals surface area contributed by atoms with Crippen LogP contribution < -0.4 is 5.43 Å². The number of hydrogen-bond acceptors (Lipinski definition) is 5. The van der Waals surface area contributed by atoms with Crippen LogP contribution in [0.4, 0.5) is 5.69 Å². The Kier molecular flexibility index (Phi) is 4.22. The van der Waals surface area contributed by atoms with Gasteiger partial charge in [0.1, 0.15) is 5.37 Å². The van der Waals surface area contributed by atoms with Gasteiger partial charge in [0.25, 0.3) is 5.91 Å². The molecule has 0 fully saturated rings. The van der Waals surface area contributed by atoms with Crippen molar-refractivity contribution >= 4 is 40.4 Å². The SMILES string of the molecule is O=C1c2ccccc2C2SCC(=NNc3ccccc3)c3ccsc3CN12. The molecule has 2 aromatic carbocycles. The maximum atomic E-state index is 12.9. The molecule has 0 aliphatic carbocycles. The Bertz CT molecular complexity index is 1030. The summed E-state index contributed by atoms with van der Waals surface area (Å²) < 4.78 is 0. The van der Waals surface area contributed by atoms with Crippen LogP contribution >= 0.6 is 23.1 Å². The quantitative estimate of drug-likeness (QED) is 0.628. The summed E-state index contributed by atoms with van der Waals surface area (Å²) in [6, 6.07) is 20.0. The zero-order valence-corrected chi connectivity index (χ0v) is 16.1. The summed E-state index contributed by atoms with van der Waals surface area (Å²) in [6.07, 6.45) is 0. The number of nitrogens with one attached hydrogen (secondary N) is 1. The lowest BCUT2D eigenvalue weighted by Gasteiger charge is -2.27. The zero-order chi connectivity index (χ0) is 18.2. The van der Waals surface area contributed by atoms with Crippen LogP contribution in [0.1, 0.15) is 31.7 Å². The van der Waals surface area contributed by atoms with Crippen molar-refractivity contribution in [3.63, 3.8) is 0 Å². The van der Waals surface area contributed by atoms with Crippen LogP contribution in [0, 0.1) is 0 Å². The number of carbonyl (C=O) groups excluding carboxylic acids is 1. The van der Waals surface area contributed by atoms with Crippen molar-refractivity contribution in [1.29, 1.82) is 0 Å². The van der Waals surface area contributed by atoms with Crippen molar-refractivity contribution in [2.45, 2.75) is 11.9 Å². The van der Waals surface area contributed by atoms with Gasteiger partial charge in [0.2, 0.25) is 0 Å². The zero-order valence-electron chi connectivity index (χ0n) is 14.5. The maximum Gasteiger partial charge on any atom is 0.255 e. The second-order valence-electron chi connectivity index (χ2n) is 6.48. The van der Waals surface area contributed by atoms with Gasteiger partial charge < -0.3 is 4.90 Å². The van der Waals surface area contributed by atoms with Crippen molar-refractivity contribution in [3.8, 4) is 0 Å². The number of thiophene rings is 1. The molecule has 3 aromatic rings. The molecule has 0 radical (unpaired) electrons. The van der Waals surface area contributed by atoms with E-state index in [9.17, 15) is 4.79 Å². The molecule has 3 heterocycles. The summed E-state index contributed by atoms with van der Waals surface area (Å²) >= 11 is 3.45. The van der Waals surface area contributed by atoms with Crippen LogP contribution in [-0.2, 0) is 6.54 Å². The number of carbonyl (C=O) groups is 1. The van der Waals surface area contributed by atoms with E-state index in [0.717, 1.165) is 33.8 Å². The van der Waals surface area contributed by atoms with Crippen LogP contribution in [0.5, 0.6) is 0 Å². The molecule has 2 aliphatic rings. The third-order valence-corrected chi connectivity index (χ3v) is 7.01. The Morgan fingerprint density at radius 1 is 1.00 bits per heavy atom. The van der Waals surface area contributed by atoms with Crippen LogP contribution in [0.25, 0.3) is 0 Å². The summed E-state index contributed by atoms with van der Waals surface area (Å²) in [7, 11) is 0. The van der Waals surface area contributed by atoms with E-state index in [1.807, 2.05) is 53.4 Å². The minimum Gasteiger partial charge on any atom is -0.317 e. The molecule has 0 spiro atoms. The lowest BCUT2D eigenvalue weighted by atomic mass is 10.1. The molecule has 2 aliphatic heterocycles. The Balaban J connectivity index is 1.50. The average molecular weight is 392 g/mol. The van der Waals surface area contributed by atoms with Gasteiger partial charge in [-0.05, 0) is 35.2 Å². The number of amides is 1. The molecule has 1 amide bonds. The first-order valence-corrected chi connectivity index (χ1v) is 10.7. The number of hydrazone groups is 1. The molecular weight excluding hydrogens is 374 g/mol. The van der Waals surface area contributed by atoms with Crippen molar-refractivity contribution in [2.24, 2.45) is 5.10 Å². The number of thioether (sulfide) groups is 1. The molecule has 1 unspecified atom stereocenters. The number of hydrogen-bond donors (Lipinski definition) is 1. The van der Waals surface area contributed by atoms with Crippen LogP contribution in [-0.4, -0.2) is 22.3 Å². The van der Waals surface area contributed by atoms with E-state index in [1.54, 1.807) is 23.1 Å². The predicted octanol–water partition coefficient (Wildman–Crippen LogP) is 4.97. The summed E-state index contributed by atoms with van der Waals surface area (Å²) in [5.41, 5.74) is 8.25. The van der Waals surface area contributed by atoms with Gasteiger partial charge in [-0.25, -0.2) is 0 Å². The minimum atomic E-state index is 0.0471. The first-order chi connectivity index (χ1) is 13.3. The highest BCUT2D eigenvalue weighted by Crippen LogP contribution is 2.44. The first kappa shape index (κ1) is 16.6. The lowest BCUT2D eigenvalue weighted by Crippen LogP contribution is -2.29. The average Bonchev–Trinajstić information content (AvgIpc) is 3.25. The standard InChI is InChI=1S/C21H17N3OS2/c25-20-15-8-4-5-9-16(15)21-24(20)12-19-17(10-11-26-19)18(13-27-21)23-22-14-6-2-1-3-7-14/h1-11,21-22H,12-13H2. The lowest BCUT2D eigenvalue weighted by molar-refractivity contribution is 0.0763. The normalized spacial score (nSPS) is 19.9. The molecule has 1 atom stereocenters. The van der Waals surface area contributed by atoms with Gasteiger partial charge in [0, 0.05) is 21.8 Å². The van der Waals surface area contributed by atoms with E-state index < -0.39 is 0 Å². The number of fused-ring (bicyclic) bond motifs is 4. The van der Waals surface area contributed by atoms with Crippen LogP contribution in [0.3, 0.4) is 0 Å². The Hall–Kier alpha value is -2.57. The highest BCUT2D eigenvalue weighted by molar-refractivity contribution is 8.00. The molecule has 5 rings (SSSR count). The van der Waals surface area contributed by atoms with Crippen molar-refractivity contribution in [1.82, 2.24) is 4.90 Å². The van der Waals surface area contributed by atoms with Gasteiger partial charge in [0.05, 0.1) is 17.9 Å². The molecule has 0 bridgehead atoms. The molecule has 0 saturated heterocycles. The summed E-state index contributed by atoms with van der Waals surface area (Å²) in [6.45, 7) is 0.628. The number of rotatable bonds is 2. The highest BCUT2D eigenvalue weighted by atomic mass is 32.2. The molecule has 6 heteroatoms. The summed E-state index contributed by atoms with van der Waals surface area (Å²) in [5, 5.41) is 6.84. The van der Waals surface area contributed by atoms with Gasteiger partial charge in [-0.2, -0.15) is 5.10 Å². The fraction of sp³-hybridized carbons (Fsp3) is 0.143. The fourth-order valence-electron chi connectivity index (χ4n) is 3.52. The van der Waals surface area contributed by atoms with Crippen molar-refractivity contribution < 1.29 is 4.79 Å². The van der Waals surface area contributed by atoms with E-state index in [-0.39, 0.29) is 11.3 Å². The van der Waals surface area contributed by atoms with Crippen molar-refractivity contribution in [3.05, 3.63) is 87.6 Å². The van der Waals surface area contributed by atoms with E-state index in [1.165, 1.54) is 4.88 Å². The molecule has 1 N–H and O–H groups in total. The highest BCUT2D eigenvalue weighted by Gasteiger charge is 2.38. The molecule has 0 saturated carbocycles. The van der Waals surface area contributed by atoms with E-state index in [4.69, 9.17) is 5.10 Å². The number of nitrogens with zero attached hydrogens (tertiary/aromatic N) is 2. The topological polar surface area (TPSA) is 44.7 Å². The largest absolute Gasteiger partial charge is 0.317 e. The fourth-order valence-corrected chi connectivity index (χ4v) is 5.68. The van der Waals surface area contributed by atoms with E-state index in [0.29, 0.717) is 6.54 Å². The van der Waals surface area contributed by atoms with E-state index in [2.05, 4.69) is 22.9 Å². The molecular formula is C21H17N3OS2. The number of anilines is 1. The second kappa shape index (κ2) is 6.87. The van der Waals surface area contributed by atoms with Gasteiger partial charge in [0.15, 0.2) is 0 Å². The smallest absolute Gasteiger partial charge is 0.255 e. The van der Waals surface area contributed by atoms with Crippen LogP contribution in [0.2, 0.25) is 0 Å². The number of benzene rings is 2. The molecule has 134 valence electrons. The summed E-state index contributed by atoms with van der Waals surface area (Å²) in [5.74, 6) is 0.872. The minimum absolute atomic E-state index is 0.0471. The monoisotopic (exact) mass is 391 g/mol. The third kappa shape index (κ3) is 2.95. The van der Waals surface area contributed by atoms with Crippen LogP contribution in [0.15, 0.2) is 71.1 Å². The van der Waals surface area contributed by atoms with Gasteiger partial charge in [-0.1, -0.05) is 36.4 Å². The van der Waals surface area contributed by atoms with Gasteiger partial charge >= 0.3 is 0 Å². The Labute approximate surface area is 165 Å². The predicted molar refractivity (Wildman–Crippen MR) is 112 cm³/mol. The maximum absolute atomic E-state index is 12.9. The molecule has 4 nitrogen and oxygen atoms in total. The Morgan fingerprint density at radius 2 is 1.81 bits per heavy atom. The van der Waals surface area contributed by atoms with E-state index >= 15 is 0 Å². The molecule has 27 heavy (non-hydrogen) atoms. The van der Waals surface area contributed by atoms with Gasteiger partial charge in [-0.3, -0.25) is 10.2 Å². The summed E-state index contributed by atoms with van der Waals surface area (Å²) in [4.78, 5) is 16.1. The van der Waals surface area contributed by atoms with Gasteiger partial charge in [-0.15, -0.1) is 23.1 Å². The molecule has 1 aromatic heterocycles. The van der Waals surface area contributed by atoms with Crippen molar-refractivity contribution in [2.75, 3.05) is 11.2 Å². The third-order valence-electron chi connectivity index (χ3n) is 4.84.